The van der Waals surface area contributed by atoms with E-state index in [0.29, 0.717) is 11.5 Å². The van der Waals surface area contributed by atoms with Gasteiger partial charge in [0.15, 0.2) is 5.70 Å². The molecule has 0 bridgehead atoms. The number of benzene rings is 2. The van der Waals surface area contributed by atoms with Crippen LogP contribution >= 0.6 is 22.6 Å². The first-order chi connectivity index (χ1) is 11.6. The van der Waals surface area contributed by atoms with E-state index in [1.807, 2.05) is 24.3 Å². The van der Waals surface area contributed by atoms with Crippen molar-refractivity contribution in [1.29, 1.82) is 0 Å². The predicted molar refractivity (Wildman–Crippen MR) is 97.5 cm³/mol. The summed E-state index contributed by atoms with van der Waals surface area (Å²) >= 11 is 2.17. The van der Waals surface area contributed by atoms with Crippen LogP contribution in [0.1, 0.15) is 21.5 Å². The predicted octanol–water partition coefficient (Wildman–Crippen LogP) is 3.42. The normalized spacial score (nSPS) is 15.2. The minimum atomic E-state index is -0.498. The van der Waals surface area contributed by atoms with Gasteiger partial charge in [-0.05, 0) is 58.5 Å². The molecule has 0 amide bonds. The highest BCUT2D eigenvalue weighted by atomic mass is 127. The third-order valence-electron chi connectivity index (χ3n) is 3.36. The molecular weight excluding hydrogens is 421 g/mol. The van der Waals surface area contributed by atoms with Crippen molar-refractivity contribution in [3.63, 3.8) is 0 Å². The fraction of sp³-hybridized carbons (Fsp3) is 0.0556. The lowest BCUT2D eigenvalue weighted by atomic mass is 10.1. The highest BCUT2D eigenvalue weighted by molar-refractivity contribution is 14.1. The van der Waals surface area contributed by atoms with E-state index >= 15 is 0 Å². The van der Waals surface area contributed by atoms with Gasteiger partial charge in [-0.3, -0.25) is 0 Å². The zero-order valence-corrected chi connectivity index (χ0v) is 14.8. The number of aliphatic imine (C=N–C) groups is 1. The van der Waals surface area contributed by atoms with Crippen LogP contribution in [0, 0.1) is 3.57 Å². The summed E-state index contributed by atoms with van der Waals surface area (Å²) in [4.78, 5) is 27.7. The summed E-state index contributed by atoms with van der Waals surface area (Å²) in [6.07, 6.45) is 1.62. The number of hydrogen-bond acceptors (Lipinski definition) is 5. The molecule has 5 nitrogen and oxygen atoms in total. The largest absolute Gasteiger partial charge is 0.465 e. The average molecular weight is 433 g/mol. The Morgan fingerprint density at radius 1 is 1.17 bits per heavy atom. The summed E-state index contributed by atoms with van der Waals surface area (Å²) in [7, 11) is 1.33. The number of rotatable bonds is 3. The molecule has 0 saturated carbocycles. The van der Waals surface area contributed by atoms with Crippen LogP contribution < -0.4 is 0 Å². The molecule has 1 heterocycles. The number of halogens is 1. The summed E-state index contributed by atoms with van der Waals surface area (Å²) in [5.74, 6) is -0.613. The molecule has 0 spiro atoms. The lowest BCUT2D eigenvalue weighted by Gasteiger charge is -2.01. The van der Waals surface area contributed by atoms with Gasteiger partial charge >= 0.3 is 11.9 Å². The molecule has 6 heteroatoms. The molecule has 2 aromatic rings. The summed E-state index contributed by atoms with van der Waals surface area (Å²) in [5, 5.41) is 0. The zero-order valence-electron chi connectivity index (χ0n) is 12.7. The molecule has 0 unspecified atom stereocenters. The van der Waals surface area contributed by atoms with Crippen LogP contribution in [0.25, 0.3) is 6.08 Å². The Bertz CT molecular complexity index is 869. The van der Waals surface area contributed by atoms with E-state index < -0.39 is 11.9 Å². The molecule has 120 valence electrons. The van der Waals surface area contributed by atoms with Crippen LogP contribution in [0.15, 0.2) is 59.2 Å². The second-order valence-corrected chi connectivity index (χ2v) is 6.09. The van der Waals surface area contributed by atoms with Gasteiger partial charge in [0.1, 0.15) is 0 Å². The number of ether oxygens (including phenoxy) is 2. The number of methoxy groups -OCH3 is 1. The van der Waals surface area contributed by atoms with Crippen molar-refractivity contribution < 1.29 is 19.1 Å². The maximum absolute atomic E-state index is 12.0. The second kappa shape index (κ2) is 6.96. The molecule has 2 aromatic carbocycles. The second-order valence-electron chi connectivity index (χ2n) is 4.93. The first kappa shape index (κ1) is 16.4. The van der Waals surface area contributed by atoms with Crippen molar-refractivity contribution in [2.24, 2.45) is 4.99 Å². The minimum Gasteiger partial charge on any atom is -0.465 e. The number of carbonyl (C=O) groups excluding carboxylic acids is 2. The van der Waals surface area contributed by atoms with Crippen LogP contribution in [-0.4, -0.2) is 24.9 Å². The fourth-order valence-corrected chi connectivity index (χ4v) is 2.77. The van der Waals surface area contributed by atoms with Gasteiger partial charge < -0.3 is 9.47 Å². The van der Waals surface area contributed by atoms with Crippen molar-refractivity contribution in [2.45, 2.75) is 0 Å². The first-order valence-corrected chi connectivity index (χ1v) is 8.12. The summed E-state index contributed by atoms with van der Waals surface area (Å²) < 4.78 is 10.9. The molecule has 1 aliphatic rings. The highest BCUT2D eigenvalue weighted by Gasteiger charge is 2.25. The van der Waals surface area contributed by atoms with Crippen LogP contribution in [0.3, 0.4) is 0 Å². The quantitative estimate of drug-likeness (QED) is 0.423. The van der Waals surface area contributed by atoms with Crippen molar-refractivity contribution >= 4 is 46.5 Å². The van der Waals surface area contributed by atoms with E-state index in [4.69, 9.17) is 4.74 Å². The Kier molecular flexibility index (Phi) is 4.75. The number of carbonyl (C=O) groups is 2. The van der Waals surface area contributed by atoms with Gasteiger partial charge in [-0.2, -0.15) is 0 Å². The lowest BCUT2D eigenvalue weighted by molar-refractivity contribution is -0.129. The van der Waals surface area contributed by atoms with E-state index in [2.05, 4.69) is 32.3 Å². The zero-order chi connectivity index (χ0) is 17.1. The number of nitrogens with zero attached hydrogens (tertiary/aromatic N) is 1. The third kappa shape index (κ3) is 3.38. The van der Waals surface area contributed by atoms with Crippen LogP contribution in [0.4, 0.5) is 0 Å². The fourth-order valence-electron chi connectivity index (χ4n) is 2.15. The molecule has 0 atom stereocenters. The number of esters is 2. The smallest absolute Gasteiger partial charge is 0.363 e. The Labute approximate surface area is 152 Å². The topological polar surface area (TPSA) is 65.0 Å². The Balaban J connectivity index is 1.89. The van der Waals surface area contributed by atoms with Crippen molar-refractivity contribution in [2.75, 3.05) is 7.11 Å². The molecule has 24 heavy (non-hydrogen) atoms. The molecule has 3 rings (SSSR count). The van der Waals surface area contributed by atoms with Gasteiger partial charge in [-0.25, -0.2) is 14.6 Å². The van der Waals surface area contributed by atoms with E-state index in [0.717, 1.165) is 14.7 Å². The van der Waals surface area contributed by atoms with Gasteiger partial charge in [0.2, 0.25) is 5.90 Å². The molecule has 0 aliphatic carbocycles. The van der Waals surface area contributed by atoms with Gasteiger partial charge in [-0.1, -0.05) is 24.3 Å². The molecule has 0 fully saturated rings. The summed E-state index contributed by atoms with van der Waals surface area (Å²) in [5.41, 5.74) is 2.17. The molecule has 0 aromatic heterocycles. The van der Waals surface area contributed by atoms with E-state index in [1.165, 1.54) is 7.11 Å². The van der Waals surface area contributed by atoms with Crippen LogP contribution in [0.2, 0.25) is 0 Å². The molecule has 0 radical (unpaired) electrons. The first-order valence-electron chi connectivity index (χ1n) is 7.04. The molecule has 0 N–H and O–H groups in total. The van der Waals surface area contributed by atoms with Gasteiger partial charge in [0.25, 0.3) is 0 Å². The van der Waals surface area contributed by atoms with E-state index in [1.54, 1.807) is 30.3 Å². The molecule has 1 aliphatic heterocycles. The maximum atomic E-state index is 12.0. The lowest BCUT2D eigenvalue weighted by Crippen LogP contribution is -2.06. The van der Waals surface area contributed by atoms with Crippen LogP contribution in [0.5, 0.6) is 0 Å². The monoisotopic (exact) mass is 433 g/mol. The Morgan fingerprint density at radius 2 is 1.88 bits per heavy atom. The maximum Gasteiger partial charge on any atom is 0.363 e. The SMILES string of the molecule is COC(=O)c1ccc(/C=C2/N=C(c3ccccc3I)OC2=O)cc1. The van der Waals surface area contributed by atoms with E-state index in [9.17, 15) is 9.59 Å². The Hall–Kier alpha value is -2.48. The Morgan fingerprint density at radius 3 is 2.54 bits per heavy atom. The summed E-state index contributed by atoms with van der Waals surface area (Å²) in [6, 6.07) is 14.2. The highest BCUT2D eigenvalue weighted by Crippen LogP contribution is 2.22. The molecular formula is C18H12INO4. The number of hydrogen-bond donors (Lipinski definition) is 0. The van der Waals surface area contributed by atoms with Gasteiger partial charge in [0.05, 0.1) is 18.2 Å². The number of cyclic esters (lactones) is 1. The van der Waals surface area contributed by atoms with Crippen molar-refractivity contribution in [1.82, 2.24) is 0 Å². The minimum absolute atomic E-state index is 0.218. The standard InChI is InChI=1S/C18H12INO4/c1-23-17(21)12-8-6-11(7-9-12)10-15-18(22)24-16(20-15)13-4-2-3-5-14(13)19/h2-10H,1H3/b15-10+. The van der Waals surface area contributed by atoms with Crippen molar-refractivity contribution in [3.8, 4) is 0 Å². The van der Waals surface area contributed by atoms with Crippen molar-refractivity contribution in [3.05, 3.63) is 74.5 Å². The third-order valence-corrected chi connectivity index (χ3v) is 4.30. The van der Waals surface area contributed by atoms with Gasteiger partial charge in [-0.15, -0.1) is 0 Å². The molecule has 0 saturated heterocycles. The summed E-state index contributed by atoms with van der Waals surface area (Å²) in [6.45, 7) is 0. The van der Waals surface area contributed by atoms with Crippen LogP contribution in [-0.2, 0) is 14.3 Å². The van der Waals surface area contributed by atoms with E-state index in [-0.39, 0.29) is 5.70 Å². The average Bonchev–Trinajstić information content (AvgIpc) is 2.95. The van der Waals surface area contributed by atoms with Gasteiger partial charge in [0, 0.05) is 3.57 Å².